The van der Waals surface area contributed by atoms with Gasteiger partial charge in [-0.1, -0.05) is 6.07 Å². The van der Waals surface area contributed by atoms with Gasteiger partial charge < -0.3 is 10.2 Å². The van der Waals surface area contributed by atoms with Crippen molar-refractivity contribution in [2.75, 3.05) is 7.05 Å². The Balaban J connectivity index is 0.00000192. The number of rotatable bonds is 3. The van der Waals surface area contributed by atoms with E-state index in [1.54, 1.807) is 11.0 Å². The highest BCUT2D eigenvalue weighted by molar-refractivity contribution is 5.96. The fraction of sp³-hybridized carbons (Fsp3) is 0.562. The molecule has 2 fully saturated rings. The Hall–Kier alpha value is -1.66. The number of carbonyl (C=O) groups is 1. The Bertz CT molecular complexity index is 611. The SMILES string of the molecule is Cc1ccc([N+](=O)[O-])cc1C(=O)N(C)C1CC2CCC(C1)N2.Cl. The molecule has 1 aromatic rings. The minimum absolute atomic E-state index is 0. The summed E-state index contributed by atoms with van der Waals surface area (Å²) in [4.78, 5) is 25.0. The predicted octanol–water partition coefficient (Wildman–Crippen LogP) is 2.68. The van der Waals surface area contributed by atoms with Crippen LogP contribution in [0.5, 0.6) is 0 Å². The van der Waals surface area contributed by atoms with Crippen LogP contribution in [0.3, 0.4) is 0 Å². The second-order valence-electron chi connectivity index (χ2n) is 6.44. The van der Waals surface area contributed by atoms with Gasteiger partial charge in [-0.2, -0.15) is 0 Å². The lowest BCUT2D eigenvalue weighted by molar-refractivity contribution is -0.384. The van der Waals surface area contributed by atoms with E-state index in [4.69, 9.17) is 0 Å². The van der Waals surface area contributed by atoms with Crippen molar-refractivity contribution in [1.82, 2.24) is 10.2 Å². The summed E-state index contributed by atoms with van der Waals surface area (Å²) in [6.07, 6.45) is 4.29. The Kier molecular flexibility index (Phi) is 5.26. The Morgan fingerprint density at radius 3 is 2.48 bits per heavy atom. The topological polar surface area (TPSA) is 75.5 Å². The van der Waals surface area contributed by atoms with Gasteiger partial charge in [-0.05, 0) is 38.2 Å². The summed E-state index contributed by atoms with van der Waals surface area (Å²) in [5.74, 6) is -0.118. The average Bonchev–Trinajstić information content (AvgIpc) is 2.84. The third-order valence-electron chi connectivity index (χ3n) is 4.98. The van der Waals surface area contributed by atoms with E-state index in [0.717, 1.165) is 18.4 Å². The fourth-order valence-electron chi connectivity index (χ4n) is 3.65. The molecule has 6 nitrogen and oxygen atoms in total. The van der Waals surface area contributed by atoms with Gasteiger partial charge in [-0.15, -0.1) is 12.4 Å². The van der Waals surface area contributed by atoms with E-state index >= 15 is 0 Å². The van der Waals surface area contributed by atoms with Crippen LogP contribution in [-0.4, -0.2) is 40.9 Å². The van der Waals surface area contributed by atoms with Gasteiger partial charge in [0, 0.05) is 42.9 Å². The Morgan fingerprint density at radius 1 is 1.30 bits per heavy atom. The minimum atomic E-state index is -0.457. The van der Waals surface area contributed by atoms with Crippen molar-refractivity contribution in [2.45, 2.75) is 50.7 Å². The van der Waals surface area contributed by atoms with Gasteiger partial charge in [0.05, 0.1) is 4.92 Å². The molecule has 7 heteroatoms. The van der Waals surface area contributed by atoms with Crippen molar-refractivity contribution in [3.8, 4) is 0 Å². The maximum absolute atomic E-state index is 12.8. The van der Waals surface area contributed by atoms with Gasteiger partial charge in [0.1, 0.15) is 0 Å². The summed E-state index contributed by atoms with van der Waals surface area (Å²) < 4.78 is 0. The van der Waals surface area contributed by atoms with Gasteiger partial charge in [0.25, 0.3) is 11.6 Å². The quantitative estimate of drug-likeness (QED) is 0.678. The molecular formula is C16H22ClN3O3. The first-order valence-corrected chi connectivity index (χ1v) is 7.74. The molecule has 2 saturated heterocycles. The number of nitro groups is 1. The normalized spacial score (nSPS) is 25.6. The molecule has 2 bridgehead atoms. The van der Waals surface area contributed by atoms with E-state index in [2.05, 4.69) is 5.32 Å². The largest absolute Gasteiger partial charge is 0.339 e. The van der Waals surface area contributed by atoms with Gasteiger partial charge in [-0.25, -0.2) is 0 Å². The third kappa shape index (κ3) is 3.48. The first-order chi connectivity index (χ1) is 10.5. The molecule has 2 unspecified atom stereocenters. The van der Waals surface area contributed by atoms with Crippen LogP contribution < -0.4 is 5.32 Å². The van der Waals surface area contributed by atoms with Crippen molar-refractivity contribution in [3.63, 3.8) is 0 Å². The number of amides is 1. The zero-order chi connectivity index (χ0) is 15.9. The first kappa shape index (κ1) is 17.7. The average molecular weight is 340 g/mol. The predicted molar refractivity (Wildman–Crippen MR) is 90.1 cm³/mol. The molecule has 1 aromatic carbocycles. The van der Waals surface area contributed by atoms with Crippen LogP contribution in [0, 0.1) is 17.0 Å². The maximum Gasteiger partial charge on any atom is 0.270 e. The summed E-state index contributed by atoms with van der Waals surface area (Å²) in [7, 11) is 1.82. The van der Waals surface area contributed by atoms with Gasteiger partial charge in [0.15, 0.2) is 0 Å². The highest BCUT2D eigenvalue weighted by Crippen LogP contribution is 2.30. The lowest BCUT2D eigenvalue weighted by atomic mass is 9.97. The zero-order valence-corrected chi connectivity index (χ0v) is 14.1. The van der Waals surface area contributed by atoms with E-state index in [0.29, 0.717) is 17.6 Å². The van der Waals surface area contributed by atoms with Crippen molar-refractivity contribution in [3.05, 3.63) is 39.4 Å². The zero-order valence-electron chi connectivity index (χ0n) is 13.3. The van der Waals surface area contributed by atoms with E-state index in [-0.39, 0.29) is 30.0 Å². The molecule has 1 amide bonds. The van der Waals surface area contributed by atoms with E-state index in [1.807, 2.05) is 14.0 Å². The lowest BCUT2D eigenvalue weighted by Gasteiger charge is -2.35. The number of benzene rings is 1. The standard InChI is InChI=1S/C16H21N3O3.ClH/c1-10-3-6-13(19(21)22)9-15(10)16(20)18(2)14-7-11-4-5-12(8-14)17-11;/h3,6,9,11-12,14,17H,4-5,7-8H2,1-2H3;1H. The molecule has 1 N–H and O–H groups in total. The van der Waals surface area contributed by atoms with Gasteiger partial charge in [0.2, 0.25) is 0 Å². The molecule has 0 aromatic heterocycles. The summed E-state index contributed by atoms with van der Waals surface area (Å²) in [6.45, 7) is 1.82. The number of nitro benzene ring substituents is 1. The number of piperidine rings is 1. The summed E-state index contributed by atoms with van der Waals surface area (Å²) >= 11 is 0. The van der Waals surface area contributed by atoms with Crippen LogP contribution in [0.15, 0.2) is 18.2 Å². The van der Waals surface area contributed by atoms with Crippen molar-refractivity contribution in [1.29, 1.82) is 0 Å². The molecular weight excluding hydrogens is 318 g/mol. The van der Waals surface area contributed by atoms with Crippen molar-refractivity contribution in [2.24, 2.45) is 0 Å². The molecule has 2 atom stereocenters. The number of hydrogen-bond acceptors (Lipinski definition) is 4. The monoisotopic (exact) mass is 339 g/mol. The second-order valence-corrected chi connectivity index (χ2v) is 6.44. The Labute approximate surface area is 141 Å². The van der Waals surface area contributed by atoms with Crippen molar-refractivity contribution < 1.29 is 9.72 Å². The number of nitrogens with zero attached hydrogens (tertiary/aromatic N) is 2. The van der Waals surface area contributed by atoms with Gasteiger partial charge >= 0.3 is 0 Å². The fourth-order valence-corrected chi connectivity index (χ4v) is 3.65. The number of hydrogen-bond donors (Lipinski definition) is 1. The van der Waals surface area contributed by atoms with E-state index in [9.17, 15) is 14.9 Å². The molecule has 126 valence electrons. The summed E-state index contributed by atoms with van der Waals surface area (Å²) in [5, 5.41) is 14.5. The molecule has 3 rings (SSSR count). The van der Waals surface area contributed by atoms with Crippen LogP contribution in [0.2, 0.25) is 0 Å². The van der Waals surface area contributed by atoms with E-state index < -0.39 is 4.92 Å². The molecule has 0 spiro atoms. The van der Waals surface area contributed by atoms with Gasteiger partial charge in [-0.3, -0.25) is 14.9 Å². The first-order valence-electron chi connectivity index (χ1n) is 7.74. The Morgan fingerprint density at radius 2 is 1.91 bits per heavy atom. The number of fused-ring (bicyclic) bond motifs is 2. The molecule has 2 heterocycles. The maximum atomic E-state index is 12.8. The molecule has 0 radical (unpaired) electrons. The molecule has 0 saturated carbocycles. The summed E-state index contributed by atoms with van der Waals surface area (Å²) in [5.41, 5.74) is 1.18. The number of carbonyl (C=O) groups excluding carboxylic acids is 1. The molecule has 0 aliphatic carbocycles. The second kappa shape index (κ2) is 6.84. The highest BCUT2D eigenvalue weighted by Gasteiger charge is 2.36. The van der Waals surface area contributed by atoms with Crippen LogP contribution >= 0.6 is 12.4 Å². The van der Waals surface area contributed by atoms with Crippen LogP contribution in [0.1, 0.15) is 41.6 Å². The lowest BCUT2D eigenvalue weighted by Crippen LogP contribution is -2.48. The third-order valence-corrected chi connectivity index (χ3v) is 4.98. The van der Waals surface area contributed by atoms with Crippen LogP contribution in [0.4, 0.5) is 5.69 Å². The minimum Gasteiger partial charge on any atom is -0.339 e. The van der Waals surface area contributed by atoms with Crippen LogP contribution in [0.25, 0.3) is 0 Å². The smallest absolute Gasteiger partial charge is 0.270 e. The summed E-state index contributed by atoms with van der Waals surface area (Å²) in [6, 6.07) is 5.70. The van der Waals surface area contributed by atoms with E-state index in [1.165, 1.54) is 25.0 Å². The van der Waals surface area contributed by atoms with Crippen LogP contribution in [-0.2, 0) is 0 Å². The van der Waals surface area contributed by atoms with Crippen molar-refractivity contribution >= 4 is 24.0 Å². The number of nitrogens with one attached hydrogen (secondary N) is 1. The number of non-ortho nitro benzene ring substituents is 1. The highest BCUT2D eigenvalue weighted by atomic mass is 35.5. The number of aryl methyl sites for hydroxylation is 1. The number of halogens is 1. The molecule has 2 aliphatic rings. The molecule has 23 heavy (non-hydrogen) atoms. The molecule has 2 aliphatic heterocycles.